The van der Waals surface area contributed by atoms with Crippen LogP contribution in [0, 0.1) is 11.5 Å². The number of nitriles is 1. The number of thiol groups is 1. The SMILES string of the molecule is CC(C(=O)ON(C#N)C(=O)O)=C(S)Cl. The maximum atomic E-state index is 11.0. The lowest BCUT2D eigenvalue weighted by atomic mass is 10.4. The van der Waals surface area contributed by atoms with Crippen LogP contribution in [0.3, 0.4) is 0 Å². The van der Waals surface area contributed by atoms with Gasteiger partial charge in [-0.05, 0) is 12.0 Å². The summed E-state index contributed by atoms with van der Waals surface area (Å²) in [7, 11) is 0. The van der Waals surface area contributed by atoms with Crippen LogP contribution < -0.4 is 0 Å². The Morgan fingerprint density at radius 2 is 2.14 bits per heavy atom. The summed E-state index contributed by atoms with van der Waals surface area (Å²) in [4.78, 5) is 25.3. The van der Waals surface area contributed by atoms with Crippen molar-refractivity contribution in [3.05, 3.63) is 9.94 Å². The van der Waals surface area contributed by atoms with E-state index in [4.69, 9.17) is 22.0 Å². The van der Waals surface area contributed by atoms with Crippen molar-refractivity contribution < 1.29 is 19.5 Å². The number of halogens is 1. The molecule has 0 aliphatic heterocycles. The van der Waals surface area contributed by atoms with E-state index in [1.807, 2.05) is 0 Å². The molecule has 0 atom stereocenters. The van der Waals surface area contributed by atoms with E-state index in [1.165, 1.54) is 6.92 Å². The van der Waals surface area contributed by atoms with Crippen LogP contribution >= 0.6 is 24.2 Å². The summed E-state index contributed by atoms with van der Waals surface area (Å²) in [6, 6.07) is 0. The van der Waals surface area contributed by atoms with Crippen LogP contribution in [0.4, 0.5) is 4.79 Å². The van der Waals surface area contributed by atoms with Gasteiger partial charge in [0, 0.05) is 0 Å². The van der Waals surface area contributed by atoms with E-state index >= 15 is 0 Å². The van der Waals surface area contributed by atoms with Crippen LogP contribution in [-0.4, -0.2) is 22.2 Å². The molecule has 0 aliphatic carbocycles. The van der Waals surface area contributed by atoms with Gasteiger partial charge in [0.15, 0.2) is 0 Å². The summed E-state index contributed by atoms with van der Waals surface area (Å²) in [5, 5.41) is 16.3. The van der Waals surface area contributed by atoms with Gasteiger partial charge >= 0.3 is 12.1 Å². The van der Waals surface area contributed by atoms with Gasteiger partial charge in [0.1, 0.15) is 0 Å². The molecule has 0 rings (SSSR count). The molecule has 6 nitrogen and oxygen atoms in total. The summed E-state index contributed by atoms with van der Waals surface area (Å²) in [5.41, 5.74) is -0.100. The van der Waals surface area contributed by atoms with E-state index in [0.29, 0.717) is 0 Å². The molecule has 0 unspecified atom stereocenters. The van der Waals surface area contributed by atoms with Crippen molar-refractivity contribution in [3.8, 4) is 6.19 Å². The maximum absolute atomic E-state index is 11.0. The Balaban J connectivity index is 4.57. The normalized spacial score (nSPS) is 11.0. The zero-order valence-electron chi connectivity index (χ0n) is 6.89. The Hall–Kier alpha value is -1.39. The highest BCUT2D eigenvalue weighted by Crippen LogP contribution is 2.14. The van der Waals surface area contributed by atoms with Crippen LogP contribution in [0.25, 0.3) is 0 Å². The van der Waals surface area contributed by atoms with Crippen molar-refractivity contribution in [3.63, 3.8) is 0 Å². The van der Waals surface area contributed by atoms with Crippen LogP contribution in [0.15, 0.2) is 9.94 Å². The molecule has 76 valence electrons. The number of hydrogen-bond acceptors (Lipinski definition) is 5. The number of amides is 1. The second kappa shape index (κ2) is 5.36. The number of hydrogen-bond donors (Lipinski definition) is 2. The molecule has 14 heavy (non-hydrogen) atoms. The third-order valence-electron chi connectivity index (χ3n) is 1.05. The fraction of sp³-hybridized carbons (Fsp3) is 0.167. The topological polar surface area (TPSA) is 90.6 Å². The summed E-state index contributed by atoms with van der Waals surface area (Å²) in [6.07, 6.45) is -0.578. The predicted molar refractivity (Wildman–Crippen MR) is 49.1 cm³/mol. The van der Waals surface area contributed by atoms with Crippen LogP contribution in [0.1, 0.15) is 6.92 Å². The van der Waals surface area contributed by atoms with Crippen molar-refractivity contribution in [2.45, 2.75) is 6.92 Å². The Labute approximate surface area is 89.7 Å². The Morgan fingerprint density at radius 3 is 2.43 bits per heavy atom. The van der Waals surface area contributed by atoms with Gasteiger partial charge in [0.2, 0.25) is 6.19 Å². The van der Waals surface area contributed by atoms with Crippen LogP contribution in [0.2, 0.25) is 0 Å². The van der Waals surface area contributed by atoms with Crippen LogP contribution in [-0.2, 0) is 9.63 Å². The lowest BCUT2D eigenvalue weighted by molar-refractivity contribution is -0.164. The van der Waals surface area contributed by atoms with Gasteiger partial charge < -0.3 is 9.94 Å². The predicted octanol–water partition coefficient (Wildman–Crippen LogP) is 1.31. The largest absolute Gasteiger partial charge is 0.462 e. The minimum absolute atomic E-state index is 0.100. The number of nitrogens with zero attached hydrogens (tertiary/aromatic N) is 2. The first kappa shape index (κ1) is 12.6. The minimum atomic E-state index is -1.70. The van der Waals surface area contributed by atoms with Crippen LogP contribution in [0.5, 0.6) is 0 Å². The lowest BCUT2D eigenvalue weighted by Gasteiger charge is -2.08. The van der Waals surface area contributed by atoms with E-state index in [1.54, 1.807) is 0 Å². The van der Waals surface area contributed by atoms with E-state index in [0.717, 1.165) is 6.19 Å². The number of hydroxylamine groups is 2. The fourth-order valence-electron chi connectivity index (χ4n) is 0.338. The van der Waals surface area contributed by atoms with Gasteiger partial charge in [-0.3, -0.25) is 0 Å². The molecule has 0 fully saturated rings. The molecule has 8 heteroatoms. The third kappa shape index (κ3) is 3.55. The van der Waals surface area contributed by atoms with Gasteiger partial charge in [-0.2, -0.15) is 5.26 Å². The highest BCUT2D eigenvalue weighted by molar-refractivity contribution is 7.86. The molecule has 0 aromatic carbocycles. The molecule has 1 N–H and O–H groups in total. The molecular weight excluding hydrogens is 232 g/mol. The van der Waals surface area contributed by atoms with Crippen molar-refractivity contribution in [1.82, 2.24) is 5.06 Å². The fourth-order valence-corrected chi connectivity index (χ4v) is 0.506. The molecule has 0 saturated carbocycles. The van der Waals surface area contributed by atoms with E-state index in [2.05, 4.69) is 17.5 Å². The Kier molecular flexibility index (Phi) is 4.83. The van der Waals surface area contributed by atoms with Crippen molar-refractivity contribution in [2.75, 3.05) is 0 Å². The van der Waals surface area contributed by atoms with Gasteiger partial charge in [0.25, 0.3) is 0 Å². The smallest absolute Gasteiger partial charge is 0.455 e. The number of carbonyl (C=O) groups excluding carboxylic acids is 1. The zero-order chi connectivity index (χ0) is 11.3. The molecule has 0 aromatic heterocycles. The van der Waals surface area contributed by atoms with Crippen molar-refractivity contribution in [2.24, 2.45) is 0 Å². The minimum Gasteiger partial charge on any atom is -0.462 e. The highest BCUT2D eigenvalue weighted by atomic mass is 35.5. The van der Waals surface area contributed by atoms with Gasteiger partial charge in [0.05, 0.1) is 9.94 Å². The highest BCUT2D eigenvalue weighted by Gasteiger charge is 2.19. The molecule has 0 heterocycles. The lowest BCUT2D eigenvalue weighted by Crippen LogP contribution is -2.28. The second-order valence-corrected chi connectivity index (χ2v) is 3.06. The molecule has 0 bridgehead atoms. The molecule has 0 aromatic rings. The Bertz CT molecular complexity index is 331. The number of carbonyl (C=O) groups is 2. The standard InChI is InChI=1S/C6H5ClN2O4S/c1-3(4(7)14)5(10)13-9(2-8)6(11)12/h14H,1H3,(H,11,12). The summed E-state index contributed by atoms with van der Waals surface area (Å²) in [5.74, 6) is -1.06. The molecule has 1 amide bonds. The van der Waals surface area contributed by atoms with E-state index < -0.39 is 12.1 Å². The summed E-state index contributed by atoms with van der Waals surface area (Å²) >= 11 is 8.95. The molecule has 0 saturated heterocycles. The third-order valence-corrected chi connectivity index (χ3v) is 1.67. The first-order valence-electron chi connectivity index (χ1n) is 3.10. The number of rotatable bonds is 1. The first-order chi connectivity index (χ1) is 6.40. The molecular formula is C6H5ClN2O4S. The second-order valence-electron chi connectivity index (χ2n) is 1.97. The number of carboxylic acid groups (broad SMARTS) is 1. The van der Waals surface area contributed by atoms with E-state index in [9.17, 15) is 9.59 Å². The molecule has 0 aliphatic rings. The average molecular weight is 237 g/mol. The van der Waals surface area contributed by atoms with Crippen molar-refractivity contribution >= 4 is 36.3 Å². The Morgan fingerprint density at radius 1 is 1.64 bits per heavy atom. The van der Waals surface area contributed by atoms with Gasteiger partial charge in [-0.15, -0.1) is 12.6 Å². The van der Waals surface area contributed by atoms with E-state index in [-0.39, 0.29) is 15.0 Å². The quantitative estimate of drug-likeness (QED) is 0.235. The average Bonchev–Trinajstić information content (AvgIpc) is 2.11. The monoisotopic (exact) mass is 236 g/mol. The summed E-state index contributed by atoms with van der Waals surface area (Å²) in [6.45, 7) is 1.27. The zero-order valence-corrected chi connectivity index (χ0v) is 8.54. The summed E-state index contributed by atoms with van der Waals surface area (Å²) < 4.78 is -0.140. The molecule has 0 spiro atoms. The molecule has 0 radical (unpaired) electrons. The van der Waals surface area contributed by atoms with Gasteiger partial charge in [-0.25, -0.2) is 9.59 Å². The first-order valence-corrected chi connectivity index (χ1v) is 3.93. The van der Waals surface area contributed by atoms with Crippen molar-refractivity contribution in [1.29, 1.82) is 5.26 Å². The maximum Gasteiger partial charge on any atom is 0.455 e. The van der Waals surface area contributed by atoms with Gasteiger partial charge in [-0.1, -0.05) is 11.6 Å².